The second-order valence-corrected chi connectivity index (χ2v) is 4.90. The lowest BCUT2D eigenvalue weighted by Gasteiger charge is -2.09. The molecular weight excluding hydrogens is 252 g/mol. The van der Waals surface area contributed by atoms with Crippen LogP contribution in [-0.4, -0.2) is 17.5 Å². The number of carbonyl (C=O) groups excluding carboxylic acids is 1. The maximum Gasteiger partial charge on any atom is 0.256 e. The van der Waals surface area contributed by atoms with Crippen molar-refractivity contribution in [2.45, 2.75) is 13.8 Å². The zero-order chi connectivity index (χ0) is 14.4. The Labute approximate surface area is 118 Å². The molecule has 4 heteroatoms. The Morgan fingerprint density at radius 1 is 1.20 bits per heavy atom. The highest BCUT2D eigenvalue weighted by molar-refractivity contribution is 6.03. The highest BCUT2D eigenvalue weighted by Gasteiger charge is 2.06. The van der Waals surface area contributed by atoms with E-state index in [1.165, 1.54) is 0 Å². The van der Waals surface area contributed by atoms with E-state index in [0.717, 1.165) is 5.75 Å². The smallest absolute Gasteiger partial charge is 0.256 e. The number of nitrogens with zero attached hydrogens (tertiary/aromatic N) is 1. The number of nitrogens with one attached hydrogen (secondary N) is 1. The van der Waals surface area contributed by atoms with Crippen molar-refractivity contribution in [2.75, 3.05) is 11.9 Å². The number of aromatic nitrogens is 1. The number of hydrogen-bond donors (Lipinski definition) is 1. The fourth-order valence-electron chi connectivity index (χ4n) is 1.59. The van der Waals surface area contributed by atoms with E-state index in [9.17, 15) is 4.79 Å². The molecule has 0 aliphatic heterocycles. The van der Waals surface area contributed by atoms with Crippen LogP contribution >= 0.6 is 0 Å². The van der Waals surface area contributed by atoms with Gasteiger partial charge in [0.1, 0.15) is 11.6 Å². The Morgan fingerprint density at radius 2 is 1.95 bits per heavy atom. The van der Waals surface area contributed by atoms with Gasteiger partial charge in [-0.15, -0.1) is 0 Å². The van der Waals surface area contributed by atoms with Crippen molar-refractivity contribution < 1.29 is 9.53 Å². The molecule has 104 valence electrons. The van der Waals surface area contributed by atoms with Gasteiger partial charge in [0, 0.05) is 11.8 Å². The van der Waals surface area contributed by atoms with Crippen LogP contribution in [0.5, 0.6) is 5.75 Å². The molecule has 0 spiro atoms. The third-order valence-electron chi connectivity index (χ3n) is 2.61. The summed E-state index contributed by atoms with van der Waals surface area (Å²) in [6.45, 7) is 4.85. The summed E-state index contributed by atoms with van der Waals surface area (Å²) in [5.41, 5.74) is 0.576. The molecule has 1 heterocycles. The molecule has 0 unspecified atom stereocenters. The zero-order valence-electron chi connectivity index (χ0n) is 11.7. The lowest BCUT2D eigenvalue weighted by Crippen LogP contribution is -2.12. The first kappa shape index (κ1) is 14.1. The first-order valence-electron chi connectivity index (χ1n) is 6.60. The molecule has 0 aliphatic rings. The second-order valence-electron chi connectivity index (χ2n) is 4.90. The van der Waals surface area contributed by atoms with Crippen molar-refractivity contribution in [1.29, 1.82) is 0 Å². The summed E-state index contributed by atoms with van der Waals surface area (Å²) in [5, 5.41) is 2.74. The number of benzene rings is 1. The molecule has 0 aliphatic carbocycles. The summed E-state index contributed by atoms with van der Waals surface area (Å²) in [6.07, 6.45) is 1.64. The standard InChI is InChI=1S/C16H18N2O2/c1-12(2)11-20-14-8-6-13(7-9-14)16(19)18-15-5-3-4-10-17-15/h3-10,12H,11H2,1-2H3,(H,17,18,19). The van der Waals surface area contributed by atoms with Crippen LogP contribution in [0.15, 0.2) is 48.7 Å². The lowest BCUT2D eigenvalue weighted by atomic mass is 10.2. The number of anilines is 1. The SMILES string of the molecule is CC(C)COc1ccc(C(=O)Nc2ccccn2)cc1. The molecule has 0 radical (unpaired) electrons. The Kier molecular flexibility index (Phi) is 4.71. The summed E-state index contributed by atoms with van der Waals surface area (Å²) in [4.78, 5) is 16.1. The maximum absolute atomic E-state index is 12.0. The number of ether oxygens (including phenoxy) is 1. The summed E-state index contributed by atoms with van der Waals surface area (Å²) < 4.78 is 5.58. The Morgan fingerprint density at radius 3 is 2.55 bits per heavy atom. The van der Waals surface area contributed by atoms with Gasteiger partial charge in [0.05, 0.1) is 6.61 Å². The van der Waals surface area contributed by atoms with E-state index in [1.54, 1.807) is 42.6 Å². The van der Waals surface area contributed by atoms with Crippen LogP contribution in [0.3, 0.4) is 0 Å². The Balaban J connectivity index is 1.97. The van der Waals surface area contributed by atoms with Crippen LogP contribution in [0.4, 0.5) is 5.82 Å². The number of pyridine rings is 1. The third-order valence-corrected chi connectivity index (χ3v) is 2.61. The molecule has 0 fully saturated rings. The molecule has 0 bridgehead atoms. The number of carbonyl (C=O) groups is 1. The number of rotatable bonds is 5. The summed E-state index contributed by atoms with van der Waals surface area (Å²) in [6, 6.07) is 12.5. The van der Waals surface area contributed by atoms with Crippen LogP contribution in [0.2, 0.25) is 0 Å². The molecule has 1 N–H and O–H groups in total. The minimum absolute atomic E-state index is 0.181. The second kappa shape index (κ2) is 6.70. The quantitative estimate of drug-likeness (QED) is 0.906. The van der Waals surface area contributed by atoms with Crippen molar-refractivity contribution in [3.8, 4) is 5.75 Å². The molecular formula is C16H18N2O2. The van der Waals surface area contributed by atoms with Gasteiger partial charge in [-0.2, -0.15) is 0 Å². The van der Waals surface area contributed by atoms with E-state index < -0.39 is 0 Å². The predicted octanol–water partition coefficient (Wildman–Crippen LogP) is 3.37. The van der Waals surface area contributed by atoms with Crippen LogP contribution < -0.4 is 10.1 Å². The van der Waals surface area contributed by atoms with Gasteiger partial charge in [-0.25, -0.2) is 4.98 Å². The molecule has 2 aromatic rings. The van der Waals surface area contributed by atoms with Gasteiger partial charge < -0.3 is 10.1 Å². The van der Waals surface area contributed by atoms with Crippen molar-refractivity contribution in [1.82, 2.24) is 4.98 Å². The van der Waals surface area contributed by atoms with Crippen molar-refractivity contribution in [3.05, 3.63) is 54.2 Å². The van der Waals surface area contributed by atoms with Gasteiger partial charge in [0.15, 0.2) is 0 Å². The van der Waals surface area contributed by atoms with Gasteiger partial charge in [-0.05, 0) is 42.3 Å². The number of hydrogen-bond acceptors (Lipinski definition) is 3. The van der Waals surface area contributed by atoms with Gasteiger partial charge in [-0.3, -0.25) is 4.79 Å². The first-order chi connectivity index (χ1) is 9.65. The third kappa shape index (κ3) is 4.09. The van der Waals surface area contributed by atoms with E-state index in [0.29, 0.717) is 23.9 Å². The van der Waals surface area contributed by atoms with Crippen LogP contribution in [0.1, 0.15) is 24.2 Å². The minimum Gasteiger partial charge on any atom is -0.493 e. The van der Waals surface area contributed by atoms with E-state index in [-0.39, 0.29) is 5.91 Å². The zero-order valence-corrected chi connectivity index (χ0v) is 11.7. The van der Waals surface area contributed by atoms with Gasteiger partial charge in [-0.1, -0.05) is 19.9 Å². The van der Waals surface area contributed by atoms with Crippen LogP contribution in [0.25, 0.3) is 0 Å². The highest BCUT2D eigenvalue weighted by Crippen LogP contribution is 2.14. The highest BCUT2D eigenvalue weighted by atomic mass is 16.5. The molecule has 2 rings (SSSR count). The first-order valence-corrected chi connectivity index (χ1v) is 6.60. The van der Waals surface area contributed by atoms with Gasteiger partial charge in [0.2, 0.25) is 0 Å². The van der Waals surface area contributed by atoms with E-state index in [4.69, 9.17) is 4.74 Å². The normalized spacial score (nSPS) is 10.3. The number of amides is 1. The predicted molar refractivity (Wildman–Crippen MR) is 79.0 cm³/mol. The topological polar surface area (TPSA) is 51.2 Å². The maximum atomic E-state index is 12.0. The van der Waals surface area contributed by atoms with Crippen molar-refractivity contribution in [3.63, 3.8) is 0 Å². The van der Waals surface area contributed by atoms with E-state index in [2.05, 4.69) is 24.1 Å². The molecule has 1 aromatic carbocycles. The molecule has 1 aromatic heterocycles. The average Bonchev–Trinajstić information content (AvgIpc) is 2.46. The van der Waals surface area contributed by atoms with Gasteiger partial charge in [0.25, 0.3) is 5.91 Å². The van der Waals surface area contributed by atoms with Gasteiger partial charge >= 0.3 is 0 Å². The largest absolute Gasteiger partial charge is 0.493 e. The molecule has 0 atom stereocenters. The molecule has 0 saturated heterocycles. The summed E-state index contributed by atoms with van der Waals surface area (Å²) in [5.74, 6) is 1.60. The minimum atomic E-state index is -0.181. The van der Waals surface area contributed by atoms with Crippen molar-refractivity contribution in [2.24, 2.45) is 5.92 Å². The molecule has 4 nitrogen and oxygen atoms in total. The average molecular weight is 270 g/mol. The molecule has 1 amide bonds. The summed E-state index contributed by atoms with van der Waals surface area (Å²) in [7, 11) is 0. The fraction of sp³-hybridized carbons (Fsp3) is 0.250. The van der Waals surface area contributed by atoms with Crippen LogP contribution in [0, 0.1) is 5.92 Å². The fourth-order valence-corrected chi connectivity index (χ4v) is 1.59. The van der Waals surface area contributed by atoms with Crippen molar-refractivity contribution >= 4 is 11.7 Å². The Hall–Kier alpha value is -2.36. The van der Waals surface area contributed by atoms with E-state index >= 15 is 0 Å². The summed E-state index contributed by atoms with van der Waals surface area (Å²) >= 11 is 0. The molecule has 0 saturated carbocycles. The lowest BCUT2D eigenvalue weighted by molar-refractivity contribution is 0.102. The van der Waals surface area contributed by atoms with E-state index in [1.807, 2.05) is 6.07 Å². The molecule has 20 heavy (non-hydrogen) atoms. The monoisotopic (exact) mass is 270 g/mol. The van der Waals surface area contributed by atoms with Crippen LogP contribution in [-0.2, 0) is 0 Å². The Bertz CT molecular complexity index is 550.